The Bertz CT molecular complexity index is 1350. The predicted octanol–water partition coefficient (Wildman–Crippen LogP) is 6.39. The molecule has 1 amide bonds. The van der Waals surface area contributed by atoms with E-state index in [9.17, 15) is 4.79 Å². The molecule has 0 saturated carbocycles. The summed E-state index contributed by atoms with van der Waals surface area (Å²) in [5.41, 5.74) is 7.30. The number of hydrogen-bond donors (Lipinski definition) is 1. The van der Waals surface area contributed by atoms with Crippen LogP contribution in [0.3, 0.4) is 0 Å². The molecule has 2 heterocycles. The molecule has 1 aliphatic heterocycles. The number of piperidine rings is 1. The molecule has 2 aromatic carbocycles. The molecule has 0 aliphatic carbocycles. The van der Waals surface area contributed by atoms with Crippen molar-refractivity contribution in [3.05, 3.63) is 69.3 Å². The molecule has 0 bridgehead atoms. The second kappa shape index (κ2) is 12.6. The fourth-order valence-electron chi connectivity index (χ4n) is 4.20. The summed E-state index contributed by atoms with van der Waals surface area (Å²) in [6, 6.07) is 13.1. The van der Waals surface area contributed by atoms with Gasteiger partial charge in [-0.2, -0.15) is 5.10 Å². The van der Waals surface area contributed by atoms with E-state index in [4.69, 9.17) is 45.3 Å². The van der Waals surface area contributed by atoms with Crippen LogP contribution in [0, 0.1) is 18.8 Å². The van der Waals surface area contributed by atoms with Crippen molar-refractivity contribution in [3.63, 3.8) is 0 Å². The Hall–Kier alpha value is -2.89. The van der Waals surface area contributed by atoms with Gasteiger partial charge in [0.15, 0.2) is 10.7 Å². The molecule has 4 rings (SSSR count). The molecule has 1 fully saturated rings. The summed E-state index contributed by atoms with van der Waals surface area (Å²) < 4.78 is 6.99. The quantitative estimate of drug-likeness (QED) is 0.217. The summed E-state index contributed by atoms with van der Waals surface area (Å²) in [5, 5.41) is 8.16. The third-order valence-corrected chi connectivity index (χ3v) is 6.67. The molecule has 1 aromatic heterocycles. The molecule has 6 nitrogen and oxygen atoms in total. The number of rotatable bonds is 6. The summed E-state index contributed by atoms with van der Waals surface area (Å²) in [6.45, 7) is 5.79. The van der Waals surface area contributed by atoms with Gasteiger partial charge in [-0.3, -0.25) is 10.2 Å². The maximum Gasteiger partial charge on any atom is 0.286 e. The van der Waals surface area contributed by atoms with Gasteiger partial charge in [0.1, 0.15) is 0 Å². The number of ether oxygens (including phenoxy) is 1. The lowest BCUT2D eigenvalue weighted by atomic mass is 10.0. The maximum absolute atomic E-state index is 13.2. The Morgan fingerprint density at radius 3 is 2.54 bits per heavy atom. The van der Waals surface area contributed by atoms with Gasteiger partial charge in [-0.15, -0.1) is 0 Å². The highest BCUT2D eigenvalue weighted by atomic mass is 35.5. The van der Waals surface area contributed by atoms with Crippen LogP contribution in [0.25, 0.3) is 16.9 Å². The lowest BCUT2D eigenvalue weighted by molar-refractivity contribution is 0.0743. The molecule has 0 spiro atoms. The Kier molecular flexibility index (Phi) is 9.23. The Labute approximate surface area is 232 Å². The highest BCUT2D eigenvalue weighted by Gasteiger charge is 2.24. The first-order chi connectivity index (χ1) is 17.8. The van der Waals surface area contributed by atoms with E-state index in [1.54, 1.807) is 29.8 Å². The normalized spacial score (nSPS) is 13.5. The molecular weight excluding hydrogens is 527 g/mol. The molecule has 37 heavy (non-hydrogen) atoms. The first-order valence-corrected chi connectivity index (χ1v) is 13.3. The van der Waals surface area contributed by atoms with Gasteiger partial charge in [0.05, 0.1) is 23.0 Å². The Morgan fingerprint density at radius 2 is 1.86 bits per heavy atom. The summed E-state index contributed by atoms with van der Waals surface area (Å²) in [4.78, 5) is 13.2. The van der Waals surface area contributed by atoms with Gasteiger partial charge in [0, 0.05) is 48.1 Å². The average molecular weight is 556 g/mol. The van der Waals surface area contributed by atoms with E-state index >= 15 is 0 Å². The number of nitrogens with zero attached hydrogens (tertiary/aromatic N) is 3. The van der Waals surface area contributed by atoms with Crippen LogP contribution in [0.1, 0.15) is 54.2 Å². The minimum absolute atomic E-state index is 0.235. The van der Waals surface area contributed by atoms with E-state index in [0.29, 0.717) is 39.5 Å². The van der Waals surface area contributed by atoms with Crippen molar-refractivity contribution < 1.29 is 9.53 Å². The number of carbonyl (C=O) groups excluding carboxylic acids is 1. The van der Waals surface area contributed by atoms with E-state index < -0.39 is 0 Å². The van der Waals surface area contributed by atoms with Crippen molar-refractivity contribution in [1.29, 1.82) is 0 Å². The van der Waals surface area contributed by atoms with E-state index in [-0.39, 0.29) is 5.91 Å². The van der Waals surface area contributed by atoms with Crippen molar-refractivity contribution in [1.82, 2.24) is 20.2 Å². The molecule has 1 aliphatic rings. The first kappa shape index (κ1) is 27.2. The third-order valence-electron chi connectivity index (χ3n) is 6.01. The first-order valence-electron chi connectivity index (χ1n) is 12.2. The lowest BCUT2D eigenvalue weighted by Crippen LogP contribution is -2.45. The number of nitrogens with one attached hydrogen (secondary N) is 1. The predicted molar refractivity (Wildman–Crippen MR) is 152 cm³/mol. The van der Waals surface area contributed by atoms with E-state index in [2.05, 4.69) is 17.3 Å². The van der Waals surface area contributed by atoms with Crippen LogP contribution < -0.4 is 5.43 Å². The summed E-state index contributed by atoms with van der Waals surface area (Å²) >= 11 is 17.6. The SMILES string of the molecule is CC(=S)OCCC#Cc1ccc(-c2c(C)c(C(=O)NN3CCCCC3)nn2-c2ccc(Cl)cc2Cl)cc1. The number of halogens is 2. The number of carbonyl (C=O) groups is 1. The number of benzene rings is 2. The van der Waals surface area contributed by atoms with Gasteiger partial charge in [0.25, 0.3) is 5.91 Å². The fraction of sp³-hybridized carbons (Fsp3) is 0.321. The molecule has 3 aromatic rings. The van der Waals surface area contributed by atoms with Crippen LogP contribution in [-0.2, 0) is 4.74 Å². The largest absolute Gasteiger partial charge is 0.486 e. The highest BCUT2D eigenvalue weighted by molar-refractivity contribution is 7.80. The summed E-state index contributed by atoms with van der Waals surface area (Å²) in [7, 11) is 0. The van der Waals surface area contributed by atoms with Crippen molar-refractivity contribution in [3.8, 4) is 28.8 Å². The zero-order valence-corrected chi connectivity index (χ0v) is 23.1. The van der Waals surface area contributed by atoms with Gasteiger partial charge < -0.3 is 4.74 Å². The van der Waals surface area contributed by atoms with Crippen LogP contribution >= 0.6 is 35.4 Å². The number of hydrazine groups is 1. The fourth-order valence-corrected chi connectivity index (χ4v) is 4.77. The standard InChI is InChI=1S/C28H28Cl2N4O2S/c1-19-26(28(35)32-33-15-5-3-6-16-33)31-34(25-14-13-23(29)18-24(25)30)27(19)22-11-9-21(10-12-22)8-4-7-17-36-20(2)37/h9-14,18H,3,5-7,15-17H2,1-2H3,(H,32,35). The number of thiocarbonyl (C=S) groups is 1. The monoisotopic (exact) mass is 554 g/mol. The molecule has 0 atom stereocenters. The number of amides is 1. The Balaban J connectivity index is 1.67. The van der Waals surface area contributed by atoms with Gasteiger partial charge in [-0.05, 0) is 62.3 Å². The topological polar surface area (TPSA) is 59.4 Å². The zero-order valence-electron chi connectivity index (χ0n) is 20.8. The molecule has 0 radical (unpaired) electrons. The van der Waals surface area contributed by atoms with Crippen LogP contribution in [0.2, 0.25) is 10.0 Å². The van der Waals surface area contributed by atoms with Gasteiger partial charge in [-0.1, -0.05) is 53.6 Å². The van der Waals surface area contributed by atoms with Crippen molar-refractivity contribution in [2.75, 3.05) is 19.7 Å². The molecular formula is C28H28Cl2N4O2S. The minimum Gasteiger partial charge on any atom is -0.486 e. The second-order valence-electron chi connectivity index (χ2n) is 8.79. The second-order valence-corrected chi connectivity index (χ2v) is 10.2. The van der Waals surface area contributed by atoms with Crippen LogP contribution in [0.4, 0.5) is 0 Å². The van der Waals surface area contributed by atoms with E-state index in [1.807, 2.05) is 36.2 Å². The lowest BCUT2D eigenvalue weighted by Gasteiger charge is -2.26. The maximum atomic E-state index is 13.2. The Morgan fingerprint density at radius 1 is 1.14 bits per heavy atom. The summed E-state index contributed by atoms with van der Waals surface area (Å²) in [6.07, 6.45) is 3.90. The summed E-state index contributed by atoms with van der Waals surface area (Å²) in [5.74, 6) is 6.00. The molecule has 192 valence electrons. The molecule has 0 unspecified atom stereocenters. The van der Waals surface area contributed by atoms with Crippen molar-refractivity contribution in [2.45, 2.75) is 39.5 Å². The van der Waals surface area contributed by atoms with Gasteiger partial charge >= 0.3 is 0 Å². The van der Waals surface area contributed by atoms with Gasteiger partial charge in [0.2, 0.25) is 0 Å². The molecule has 9 heteroatoms. The van der Waals surface area contributed by atoms with Crippen LogP contribution in [0.5, 0.6) is 0 Å². The van der Waals surface area contributed by atoms with Crippen molar-refractivity contribution >= 4 is 46.4 Å². The van der Waals surface area contributed by atoms with Crippen LogP contribution in [0.15, 0.2) is 42.5 Å². The molecule has 1 N–H and O–H groups in total. The number of aromatic nitrogens is 2. The van der Waals surface area contributed by atoms with Crippen LogP contribution in [-0.4, -0.2) is 45.4 Å². The highest BCUT2D eigenvalue weighted by Crippen LogP contribution is 2.33. The smallest absolute Gasteiger partial charge is 0.286 e. The zero-order chi connectivity index (χ0) is 26.4. The van der Waals surface area contributed by atoms with Gasteiger partial charge in [-0.25, -0.2) is 9.69 Å². The third kappa shape index (κ3) is 6.91. The van der Waals surface area contributed by atoms with E-state index in [1.165, 1.54) is 6.42 Å². The van der Waals surface area contributed by atoms with Crippen molar-refractivity contribution in [2.24, 2.45) is 0 Å². The molecule has 1 saturated heterocycles. The average Bonchev–Trinajstić information content (AvgIpc) is 3.21. The number of hydrogen-bond acceptors (Lipinski definition) is 5. The van der Waals surface area contributed by atoms with E-state index in [0.717, 1.165) is 48.3 Å². The minimum atomic E-state index is -0.235.